The third kappa shape index (κ3) is 8.11. The summed E-state index contributed by atoms with van der Waals surface area (Å²) in [5, 5.41) is 17.1. The number of rotatable bonds is 13. The summed E-state index contributed by atoms with van der Waals surface area (Å²) in [6.07, 6.45) is 7.28. The number of nitrogens with zero attached hydrogens (tertiary/aromatic N) is 3. The van der Waals surface area contributed by atoms with Crippen molar-refractivity contribution in [1.29, 1.82) is 0 Å². The SMILES string of the molecule is CCCCCC(C)CC(C(=O)Nc1ccn(CC(C)(C)O)n1)N1CC(Oc2c(F)cccc2F)=CC1=O. The molecule has 0 bridgehead atoms. The van der Waals surface area contributed by atoms with E-state index in [1.165, 1.54) is 15.6 Å². The normalized spacial score (nSPS) is 15.5. The van der Waals surface area contributed by atoms with Crippen LogP contribution in [0.3, 0.4) is 0 Å². The molecule has 0 spiro atoms. The molecule has 1 aliphatic rings. The molecule has 10 heteroatoms. The summed E-state index contributed by atoms with van der Waals surface area (Å²) in [4.78, 5) is 27.6. The van der Waals surface area contributed by atoms with Gasteiger partial charge in [0.25, 0.3) is 5.91 Å². The molecule has 2 unspecified atom stereocenters. The number of carbonyl (C=O) groups is 2. The van der Waals surface area contributed by atoms with E-state index in [0.29, 0.717) is 12.2 Å². The smallest absolute Gasteiger partial charge is 0.251 e. The second-order valence-corrected chi connectivity index (χ2v) is 10.3. The van der Waals surface area contributed by atoms with Crippen molar-refractivity contribution in [3.63, 3.8) is 0 Å². The van der Waals surface area contributed by atoms with Gasteiger partial charge in [0.15, 0.2) is 23.2 Å². The Morgan fingerprint density at radius 3 is 2.59 bits per heavy atom. The minimum atomic E-state index is -0.981. The van der Waals surface area contributed by atoms with Crippen LogP contribution in [0.2, 0.25) is 0 Å². The number of benzene rings is 1. The molecular formula is C27H36F2N4O4. The highest BCUT2D eigenvalue weighted by atomic mass is 19.1. The van der Waals surface area contributed by atoms with E-state index in [1.807, 2.05) is 6.92 Å². The maximum atomic E-state index is 14.1. The zero-order valence-electron chi connectivity index (χ0n) is 21.8. The highest BCUT2D eigenvalue weighted by Gasteiger charge is 2.36. The molecule has 202 valence electrons. The van der Waals surface area contributed by atoms with Crippen LogP contribution >= 0.6 is 0 Å². The van der Waals surface area contributed by atoms with Gasteiger partial charge in [0, 0.05) is 18.3 Å². The largest absolute Gasteiger partial charge is 0.453 e. The Kier molecular flexibility index (Phi) is 9.42. The van der Waals surface area contributed by atoms with Gasteiger partial charge in [-0.3, -0.25) is 14.3 Å². The third-order valence-corrected chi connectivity index (χ3v) is 6.09. The summed E-state index contributed by atoms with van der Waals surface area (Å²) in [6, 6.07) is 4.13. The first kappa shape index (κ1) is 28.3. The predicted molar refractivity (Wildman–Crippen MR) is 136 cm³/mol. The average Bonchev–Trinajstić information content (AvgIpc) is 3.39. The Balaban J connectivity index is 1.75. The summed E-state index contributed by atoms with van der Waals surface area (Å²) in [5.41, 5.74) is -0.981. The van der Waals surface area contributed by atoms with Crippen molar-refractivity contribution >= 4 is 17.6 Å². The second kappa shape index (κ2) is 12.3. The first-order valence-corrected chi connectivity index (χ1v) is 12.7. The molecule has 0 fully saturated rings. The van der Waals surface area contributed by atoms with Gasteiger partial charge in [-0.25, -0.2) is 8.78 Å². The fraction of sp³-hybridized carbons (Fsp3) is 0.519. The summed E-state index contributed by atoms with van der Waals surface area (Å²) < 4.78 is 35.1. The highest BCUT2D eigenvalue weighted by molar-refractivity contribution is 5.99. The van der Waals surface area contributed by atoms with Crippen LogP contribution in [0, 0.1) is 17.6 Å². The minimum absolute atomic E-state index is 0.0555. The fourth-order valence-corrected chi connectivity index (χ4v) is 4.29. The Morgan fingerprint density at radius 2 is 1.95 bits per heavy atom. The van der Waals surface area contributed by atoms with Crippen molar-refractivity contribution in [1.82, 2.24) is 14.7 Å². The molecule has 2 heterocycles. The molecule has 0 aliphatic carbocycles. The van der Waals surface area contributed by atoms with Crippen molar-refractivity contribution < 1.29 is 28.2 Å². The topological polar surface area (TPSA) is 96.7 Å². The zero-order valence-corrected chi connectivity index (χ0v) is 21.8. The van der Waals surface area contributed by atoms with E-state index in [1.54, 1.807) is 26.1 Å². The standard InChI is InChI=1S/C27H36F2N4O4/c1-5-6-7-9-18(2)14-22(26(35)30-23-12-13-32(31-23)17-27(3,4)36)33-16-19(15-24(33)34)37-25-20(28)10-8-11-21(25)29/h8,10-13,15,18,22,36H,5-7,9,14,16-17H2,1-4H3,(H,30,31,35). The van der Waals surface area contributed by atoms with Gasteiger partial charge in [-0.05, 0) is 38.3 Å². The number of aliphatic hydroxyl groups is 1. The average molecular weight is 519 g/mol. The number of hydrogen-bond acceptors (Lipinski definition) is 5. The number of aromatic nitrogens is 2. The van der Waals surface area contributed by atoms with Gasteiger partial charge in [-0.2, -0.15) is 5.10 Å². The van der Waals surface area contributed by atoms with Gasteiger partial charge < -0.3 is 20.1 Å². The van der Waals surface area contributed by atoms with E-state index in [2.05, 4.69) is 17.3 Å². The molecule has 8 nitrogen and oxygen atoms in total. The Hall–Kier alpha value is -3.27. The molecule has 2 atom stereocenters. The van der Waals surface area contributed by atoms with Gasteiger partial charge in [-0.15, -0.1) is 0 Å². The molecule has 3 rings (SSSR count). The zero-order chi connectivity index (χ0) is 27.2. The van der Waals surface area contributed by atoms with E-state index in [9.17, 15) is 23.5 Å². The number of unbranched alkanes of at least 4 members (excludes halogenated alkanes) is 2. The number of hydrogen-bond donors (Lipinski definition) is 2. The molecule has 2 amide bonds. The molecular weight excluding hydrogens is 482 g/mol. The van der Waals surface area contributed by atoms with Crippen molar-refractivity contribution in [3.05, 3.63) is 53.9 Å². The first-order chi connectivity index (χ1) is 17.5. The number of halogens is 2. The van der Waals surface area contributed by atoms with Crippen molar-refractivity contribution in [2.24, 2.45) is 5.92 Å². The van der Waals surface area contributed by atoms with Crippen molar-refractivity contribution in [3.8, 4) is 5.75 Å². The Morgan fingerprint density at radius 1 is 1.24 bits per heavy atom. The van der Waals surface area contributed by atoms with E-state index >= 15 is 0 Å². The summed E-state index contributed by atoms with van der Waals surface area (Å²) in [7, 11) is 0. The van der Waals surface area contributed by atoms with Gasteiger partial charge in [-0.1, -0.05) is 45.6 Å². The maximum Gasteiger partial charge on any atom is 0.251 e. The van der Waals surface area contributed by atoms with E-state index in [0.717, 1.165) is 43.9 Å². The van der Waals surface area contributed by atoms with Crippen LogP contribution in [-0.2, 0) is 16.1 Å². The monoisotopic (exact) mass is 518 g/mol. The highest BCUT2D eigenvalue weighted by Crippen LogP contribution is 2.28. The van der Waals surface area contributed by atoms with Gasteiger partial charge in [0.1, 0.15) is 11.8 Å². The van der Waals surface area contributed by atoms with Crippen LogP contribution in [0.1, 0.15) is 59.8 Å². The first-order valence-electron chi connectivity index (χ1n) is 12.7. The molecule has 1 aliphatic heterocycles. The molecule has 2 N–H and O–H groups in total. The number of para-hydroxylation sites is 1. The van der Waals surface area contributed by atoms with E-state index in [-0.39, 0.29) is 24.8 Å². The van der Waals surface area contributed by atoms with Gasteiger partial charge in [0.05, 0.1) is 18.7 Å². The third-order valence-electron chi connectivity index (χ3n) is 6.09. The van der Waals surface area contributed by atoms with Crippen molar-refractivity contribution in [2.45, 2.75) is 78.0 Å². The van der Waals surface area contributed by atoms with Gasteiger partial charge >= 0.3 is 0 Å². The number of amides is 2. The number of ether oxygens (including phenoxy) is 1. The second-order valence-electron chi connectivity index (χ2n) is 10.3. The summed E-state index contributed by atoms with van der Waals surface area (Å²) in [6.45, 7) is 7.60. The van der Waals surface area contributed by atoms with E-state index in [4.69, 9.17) is 4.74 Å². The lowest BCUT2D eigenvalue weighted by Gasteiger charge is -2.29. The van der Waals surface area contributed by atoms with Crippen LogP contribution in [0.4, 0.5) is 14.6 Å². The maximum absolute atomic E-state index is 14.1. The lowest BCUT2D eigenvalue weighted by Crippen LogP contribution is -2.46. The van der Waals surface area contributed by atoms with Crippen LogP contribution in [0.15, 0.2) is 42.3 Å². The molecule has 0 saturated carbocycles. The summed E-state index contributed by atoms with van der Waals surface area (Å²) >= 11 is 0. The molecule has 1 aromatic heterocycles. The number of carbonyl (C=O) groups excluding carboxylic acids is 2. The summed E-state index contributed by atoms with van der Waals surface area (Å²) in [5.74, 6) is -2.75. The quantitative estimate of drug-likeness (QED) is 0.376. The number of nitrogens with one attached hydrogen (secondary N) is 1. The molecule has 0 saturated heterocycles. The van der Waals surface area contributed by atoms with Crippen molar-refractivity contribution in [2.75, 3.05) is 11.9 Å². The predicted octanol–water partition coefficient (Wildman–Crippen LogP) is 4.65. The van der Waals surface area contributed by atoms with Crippen LogP contribution in [-0.4, -0.2) is 49.8 Å². The fourth-order valence-electron chi connectivity index (χ4n) is 4.29. The Bertz CT molecular complexity index is 1110. The molecule has 1 aromatic carbocycles. The van der Waals surface area contributed by atoms with Crippen LogP contribution in [0.25, 0.3) is 0 Å². The van der Waals surface area contributed by atoms with Gasteiger partial charge in [0.2, 0.25) is 5.91 Å². The lowest BCUT2D eigenvalue weighted by atomic mass is 9.94. The van der Waals surface area contributed by atoms with E-state index < -0.39 is 40.8 Å². The Labute approximate surface area is 216 Å². The molecule has 2 aromatic rings. The molecule has 0 radical (unpaired) electrons. The lowest BCUT2D eigenvalue weighted by molar-refractivity contribution is -0.134. The number of anilines is 1. The molecule has 37 heavy (non-hydrogen) atoms. The van der Waals surface area contributed by atoms with Crippen LogP contribution < -0.4 is 10.1 Å². The van der Waals surface area contributed by atoms with Crippen LogP contribution in [0.5, 0.6) is 5.75 Å². The minimum Gasteiger partial charge on any atom is -0.453 e.